The molecule has 0 heterocycles. The number of hydrogen-bond donors (Lipinski definition) is 4. The zero-order valence-corrected chi connectivity index (χ0v) is 13.4. The maximum Gasteiger partial charge on any atom is 0.305 e. The van der Waals surface area contributed by atoms with Crippen molar-refractivity contribution in [2.24, 2.45) is 10.7 Å². The number of hydrogen-bond acceptors (Lipinski definition) is 6. The van der Waals surface area contributed by atoms with E-state index in [4.69, 9.17) is 10.8 Å². The summed E-state index contributed by atoms with van der Waals surface area (Å²) in [6, 6.07) is 7.37. The highest BCUT2D eigenvalue weighted by molar-refractivity contribution is 7.78. The van der Waals surface area contributed by atoms with E-state index in [1.165, 1.54) is 0 Å². The van der Waals surface area contributed by atoms with E-state index in [9.17, 15) is 4.79 Å². The fourth-order valence-electron chi connectivity index (χ4n) is 2.19. The minimum atomic E-state index is -0.903. The van der Waals surface area contributed by atoms with Crippen molar-refractivity contribution in [3.8, 4) is 0 Å². The number of nitrogens with one attached hydrogen (secondary N) is 2. The molecule has 1 aromatic rings. The average molecular weight is 322 g/mol. The molecule has 0 aliphatic carbocycles. The van der Waals surface area contributed by atoms with E-state index >= 15 is 0 Å². The molecule has 1 aromatic carbocycles. The van der Waals surface area contributed by atoms with Crippen LogP contribution in [0.1, 0.15) is 12.0 Å². The minimum absolute atomic E-state index is 0.0978. The number of carboxylic acid groups (broad SMARTS) is 1. The smallest absolute Gasteiger partial charge is 0.305 e. The Kier molecular flexibility index (Phi) is 7.87. The highest BCUT2D eigenvalue weighted by atomic mass is 32.1. The summed E-state index contributed by atoms with van der Waals surface area (Å²) in [4.78, 5) is 15.0. The predicted octanol–water partition coefficient (Wildman–Crippen LogP) is 0.945. The Morgan fingerprint density at radius 2 is 2.09 bits per heavy atom. The van der Waals surface area contributed by atoms with Crippen LogP contribution in [-0.4, -0.2) is 48.5 Å². The van der Waals surface area contributed by atoms with Crippen LogP contribution in [-0.2, 0) is 11.2 Å². The summed E-state index contributed by atoms with van der Waals surface area (Å²) in [5.41, 5.74) is 7.13. The molecule has 1 rings (SSSR count). The van der Waals surface area contributed by atoms with Crippen LogP contribution in [0.25, 0.3) is 0 Å². The molecule has 0 spiro atoms. The summed E-state index contributed by atoms with van der Waals surface area (Å²) in [6.45, 7) is 1.96. The van der Waals surface area contributed by atoms with E-state index in [0.29, 0.717) is 18.7 Å². The molecule has 22 heavy (non-hydrogen) atoms. The van der Waals surface area contributed by atoms with E-state index in [1.807, 2.05) is 31.3 Å². The van der Waals surface area contributed by atoms with Crippen molar-refractivity contribution >= 4 is 29.0 Å². The number of carbonyl (C=O) groups is 1. The normalized spacial score (nSPS) is 13.2. The van der Waals surface area contributed by atoms with Crippen LogP contribution in [0.4, 0.5) is 5.69 Å². The zero-order valence-electron chi connectivity index (χ0n) is 12.6. The van der Waals surface area contributed by atoms with Crippen LogP contribution >= 0.6 is 12.2 Å². The number of nitrogens with zero attached hydrogens (tertiary/aromatic N) is 1. The van der Waals surface area contributed by atoms with Crippen molar-refractivity contribution in [3.63, 3.8) is 0 Å². The standard InChI is InChI=1S/C15H22N4O2S/c1-17-6-7-18-10-15(16,9-14(20)21)8-12-2-4-13(5-3-12)19-11-22/h2-5,17-18H,6-10,16H2,1H3,(H,20,21). The lowest BCUT2D eigenvalue weighted by molar-refractivity contribution is -0.138. The number of isothiocyanates is 1. The lowest BCUT2D eigenvalue weighted by atomic mass is 9.88. The first kappa shape index (κ1) is 18.4. The van der Waals surface area contributed by atoms with Gasteiger partial charge in [0.05, 0.1) is 17.3 Å². The SMILES string of the molecule is CNCCNCC(N)(CC(=O)O)Cc1ccc(N=C=S)cc1. The molecule has 0 amide bonds. The highest BCUT2D eigenvalue weighted by Crippen LogP contribution is 2.18. The lowest BCUT2D eigenvalue weighted by Gasteiger charge is -2.28. The highest BCUT2D eigenvalue weighted by Gasteiger charge is 2.28. The summed E-state index contributed by atoms with van der Waals surface area (Å²) in [7, 11) is 1.86. The van der Waals surface area contributed by atoms with E-state index in [1.54, 1.807) is 0 Å². The fourth-order valence-corrected chi connectivity index (χ4v) is 2.29. The third kappa shape index (κ3) is 6.89. The summed E-state index contributed by atoms with van der Waals surface area (Å²) in [5, 5.41) is 17.6. The molecular formula is C15H22N4O2S. The van der Waals surface area contributed by atoms with Crippen molar-refractivity contribution in [2.45, 2.75) is 18.4 Å². The maximum absolute atomic E-state index is 11.1. The molecule has 0 bridgehead atoms. The Labute approximate surface area is 135 Å². The number of benzene rings is 1. The Morgan fingerprint density at radius 1 is 1.41 bits per heavy atom. The third-order valence-corrected chi connectivity index (χ3v) is 3.29. The Balaban J connectivity index is 2.73. The summed E-state index contributed by atoms with van der Waals surface area (Å²) >= 11 is 4.56. The number of aliphatic carboxylic acids is 1. The molecule has 1 atom stereocenters. The van der Waals surface area contributed by atoms with Gasteiger partial charge in [-0.1, -0.05) is 12.1 Å². The van der Waals surface area contributed by atoms with Crippen molar-refractivity contribution in [1.82, 2.24) is 10.6 Å². The molecule has 0 radical (unpaired) electrons. The summed E-state index contributed by atoms with van der Waals surface area (Å²) in [5.74, 6) is -0.903. The van der Waals surface area contributed by atoms with Crippen molar-refractivity contribution in [1.29, 1.82) is 0 Å². The van der Waals surface area contributed by atoms with E-state index in [0.717, 1.165) is 18.7 Å². The zero-order chi connectivity index (χ0) is 16.4. The number of aliphatic imine (C=N–C) groups is 1. The first-order chi connectivity index (χ1) is 10.5. The Hall–Kier alpha value is -1.63. The molecule has 0 saturated heterocycles. The van der Waals surface area contributed by atoms with Gasteiger partial charge in [0.25, 0.3) is 0 Å². The first-order valence-corrected chi connectivity index (χ1v) is 7.43. The molecule has 0 aliphatic rings. The number of nitrogens with two attached hydrogens (primary N) is 1. The largest absolute Gasteiger partial charge is 0.481 e. The minimum Gasteiger partial charge on any atom is -0.481 e. The van der Waals surface area contributed by atoms with Gasteiger partial charge in [0, 0.05) is 25.2 Å². The quantitative estimate of drug-likeness (QED) is 0.291. The van der Waals surface area contributed by atoms with Crippen LogP contribution < -0.4 is 16.4 Å². The van der Waals surface area contributed by atoms with Gasteiger partial charge in [-0.05, 0) is 43.4 Å². The van der Waals surface area contributed by atoms with Crippen LogP contribution in [0.2, 0.25) is 0 Å². The number of likely N-dealkylation sites (N-methyl/N-ethyl adjacent to an activating group) is 1. The second-order valence-corrected chi connectivity index (χ2v) is 5.44. The third-order valence-electron chi connectivity index (χ3n) is 3.20. The lowest BCUT2D eigenvalue weighted by Crippen LogP contribution is -2.52. The molecule has 1 unspecified atom stereocenters. The van der Waals surface area contributed by atoms with E-state index in [2.05, 4.69) is 33.0 Å². The van der Waals surface area contributed by atoms with Gasteiger partial charge in [0.1, 0.15) is 0 Å². The van der Waals surface area contributed by atoms with Crippen molar-refractivity contribution in [3.05, 3.63) is 29.8 Å². The van der Waals surface area contributed by atoms with E-state index in [-0.39, 0.29) is 6.42 Å². The second-order valence-electron chi connectivity index (χ2n) is 5.26. The van der Waals surface area contributed by atoms with Gasteiger partial charge >= 0.3 is 5.97 Å². The summed E-state index contributed by atoms with van der Waals surface area (Å²) < 4.78 is 0. The van der Waals surface area contributed by atoms with Crippen LogP contribution in [0.15, 0.2) is 29.3 Å². The molecular weight excluding hydrogens is 300 g/mol. The molecule has 0 fully saturated rings. The van der Waals surface area contributed by atoms with E-state index < -0.39 is 11.5 Å². The molecule has 6 nitrogen and oxygen atoms in total. The van der Waals surface area contributed by atoms with Crippen LogP contribution in [0, 0.1) is 0 Å². The molecule has 5 N–H and O–H groups in total. The van der Waals surface area contributed by atoms with Crippen molar-refractivity contribution < 1.29 is 9.90 Å². The van der Waals surface area contributed by atoms with Crippen LogP contribution in [0.5, 0.6) is 0 Å². The molecule has 0 aromatic heterocycles. The number of carboxylic acids is 1. The Morgan fingerprint density at radius 3 is 2.64 bits per heavy atom. The molecule has 7 heteroatoms. The van der Waals surface area contributed by atoms with Gasteiger partial charge in [-0.3, -0.25) is 4.79 Å². The topological polar surface area (TPSA) is 99.7 Å². The van der Waals surface area contributed by atoms with Gasteiger partial charge in [-0.25, -0.2) is 0 Å². The number of thiocarbonyl (C=S) groups is 1. The molecule has 120 valence electrons. The van der Waals surface area contributed by atoms with Gasteiger partial charge in [0.15, 0.2) is 0 Å². The average Bonchev–Trinajstić information content (AvgIpc) is 2.45. The number of rotatable bonds is 10. The van der Waals surface area contributed by atoms with Gasteiger partial charge in [-0.15, -0.1) is 0 Å². The van der Waals surface area contributed by atoms with Crippen LogP contribution in [0.3, 0.4) is 0 Å². The van der Waals surface area contributed by atoms with Gasteiger partial charge in [-0.2, -0.15) is 4.99 Å². The second kappa shape index (κ2) is 9.40. The molecule has 0 aliphatic heterocycles. The van der Waals surface area contributed by atoms with Crippen molar-refractivity contribution in [2.75, 3.05) is 26.7 Å². The predicted molar refractivity (Wildman–Crippen MR) is 90.8 cm³/mol. The monoisotopic (exact) mass is 322 g/mol. The Bertz CT molecular complexity index is 529. The summed E-state index contributed by atoms with van der Waals surface area (Å²) in [6.07, 6.45) is 0.368. The first-order valence-electron chi connectivity index (χ1n) is 7.02. The van der Waals surface area contributed by atoms with Gasteiger partial charge < -0.3 is 21.5 Å². The fraction of sp³-hybridized carbons (Fsp3) is 0.467. The maximum atomic E-state index is 11.1. The van der Waals surface area contributed by atoms with Gasteiger partial charge in [0.2, 0.25) is 0 Å². The molecule has 0 saturated carbocycles.